The summed E-state index contributed by atoms with van der Waals surface area (Å²) in [7, 11) is -3.80. The topological polar surface area (TPSA) is 92.2 Å². The minimum absolute atomic E-state index is 0.0147. The van der Waals surface area contributed by atoms with Crippen LogP contribution in [0.15, 0.2) is 35.2 Å². The molecule has 1 heterocycles. The Balaban J connectivity index is 2.36. The lowest BCUT2D eigenvalue weighted by Gasteiger charge is -2.08. The van der Waals surface area contributed by atoms with Crippen LogP contribution < -0.4 is 4.72 Å². The molecule has 0 bridgehead atoms. The van der Waals surface area contributed by atoms with E-state index in [1.807, 2.05) is 0 Å². The first-order valence-electron chi connectivity index (χ1n) is 5.51. The van der Waals surface area contributed by atoms with Gasteiger partial charge in [0.25, 0.3) is 10.0 Å². The number of aromatic hydroxyl groups is 1. The summed E-state index contributed by atoms with van der Waals surface area (Å²) in [4.78, 5) is 7.96. The van der Waals surface area contributed by atoms with Crippen molar-refractivity contribution in [2.45, 2.75) is 18.7 Å². The minimum Gasteiger partial charge on any atom is -0.508 e. The highest BCUT2D eigenvalue weighted by molar-refractivity contribution is 7.92. The standard InChI is InChI=1S/C12H13N3O3S/c1-8-6-9(2)14-12(13-8)15-19(17,18)11-5-3-4-10(16)7-11/h3-7,16H,1-2H3,(H,13,14,15). The minimum atomic E-state index is -3.80. The molecule has 0 unspecified atom stereocenters. The summed E-state index contributed by atoms with van der Waals surface area (Å²) < 4.78 is 26.4. The predicted octanol–water partition coefficient (Wildman–Crippen LogP) is 1.60. The molecule has 0 spiro atoms. The number of hydrogen-bond donors (Lipinski definition) is 2. The van der Waals surface area contributed by atoms with Crippen LogP contribution in [0.1, 0.15) is 11.4 Å². The monoisotopic (exact) mass is 279 g/mol. The molecular weight excluding hydrogens is 266 g/mol. The number of benzene rings is 1. The molecule has 0 amide bonds. The maximum absolute atomic E-state index is 12.1. The van der Waals surface area contributed by atoms with Gasteiger partial charge in [0.2, 0.25) is 5.95 Å². The number of phenols is 1. The summed E-state index contributed by atoms with van der Waals surface area (Å²) >= 11 is 0. The number of anilines is 1. The molecule has 0 aliphatic rings. The molecule has 0 aliphatic carbocycles. The van der Waals surface area contributed by atoms with E-state index in [0.717, 1.165) is 6.07 Å². The first kappa shape index (κ1) is 13.3. The molecule has 0 saturated heterocycles. The molecule has 100 valence electrons. The van der Waals surface area contributed by atoms with E-state index in [1.165, 1.54) is 18.2 Å². The Morgan fingerprint density at radius 1 is 1.11 bits per heavy atom. The van der Waals surface area contributed by atoms with Gasteiger partial charge in [0.15, 0.2) is 0 Å². The molecule has 2 rings (SSSR count). The van der Waals surface area contributed by atoms with Crippen LogP contribution in [0.5, 0.6) is 5.75 Å². The van der Waals surface area contributed by atoms with Crippen molar-refractivity contribution in [3.05, 3.63) is 41.7 Å². The fourth-order valence-corrected chi connectivity index (χ4v) is 2.58. The second-order valence-electron chi connectivity index (χ2n) is 4.08. The third-order valence-corrected chi connectivity index (χ3v) is 3.66. The normalized spacial score (nSPS) is 11.3. The molecular formula is C12H13N3O3S. The van der Waals surface area contributed by atoms with E-state index < -0.39 is 10.0 Å². The van der Waals surface area contributed by atoms with Crippen LogP contribution in [-0.4, -0.2) is 23.5 Å². The molecule has 1 aromatic heterocycles. The van der Waals surface area contributed by atoms with Gasteiger partial charge < -0.3 is 5.11 Å². The summed E-state index contributed by atoms with van der Waals surface area (Å²) in [6.07, 6.45) is 0. The van der Waals surface area contributed by atoms with E-state index in [2.05, 4.69) is 14.7 Å². The van der Waals surface area contributed by atoms with Crippen molar-refractivity contribution in [2.24, 2.45) is 0 Å². The number of aromatic nitrogens is 2. The highest BCUT2D eigenvalue weighted by Gasteiger charge is 2.16. The molecule has 6 nitrogen and oxygen atoms in total. The Morgan fingerprint density at radius 2 is 1.74 bits per heavy atom. The second-order valence-corrected chi connectivity index (χ2v) is 5.76. The summed E-state index contributed by atoms with van der Waals surface area (Å²) in [5.74, 6) is -0.106. The highest BCUT2D eigenvalue weighted by atomic mass is 32.2. The average Bonchev–Trinajstić information content (AvgIpc) is 2.26. The summed E-state index contributed by atoms with van der Waals surface area (Å²) in [6, 6.07) is 7.13. The van der Waals surface area contributed by atoms with Gasteiger partial charge in [-0.05, 0) is 32.0 Å². The third kappa shape index (κ3) is 3.19. The summed E-state index contributed by atoms with van der Waals surface area (Å²) in [5, 5.41) is 9.31. The lowest BCUT2D eigenvalue weighted by Crippen LogP contribution is -2.15. The van der Waals surface area contributed by atoms with E-state index in [4.69, 9.17) is 0 Å². The summed E-state index contributed by atoms with van der Waals surface area (Å²) in [6.45, 7) is 3.50. The van der Waals surface area contributed by atoms with Crippen molar-refractivity contribution < 1.29 is 13.5 Å². The Morgan fingerprint density at radius 3 is 2.32 bits per heavy atom. The number of aryl methyl sites for hydroxylation is 2. The Bertz CT molecular complexity index is 694. The lowest BCUT2D eigenvalue weighted by atomic mass is 10.3. The average molecular weight is 279 g/mol. The smallest absolute Gasteiger partial charge is 0.264 e. The zero-order valence-corrected chi connectivity index (χ0v) is 11.3. The van der Waals surface area contributed by atoms with E-state index in [0.29, 0.717) is 11.4 Å². The maximum Gasteiger partial charge on any atom is 0.264 e. The van der Waals surface area contributed by atoms with Gasteiger partial charge in [0.1, 0.15) is 5.75 Å². The van der Waals surface area contributed by atoms with Crippen molar-refractivity contribution >= 4 is 16.0 Å². The SMILES string of the molecule is Cc1cc(C)nc(NS(=O)(=O)c2cccc(O)c2)n1. The number of phenolic OH excluding ortho intramolecular Hbond substituents is 1. The second kappa shape index (κ2) is 4.85. The molecule has 2 N–H and O–H groups in total. The van der Waals surface area contributed by atoms with Crippen LogP contribution in [-0.2, 0) is 10.0 Å². The van der Waals surface area contributed by atoms with Crippen molar-refractivity contribution in [3.63, 3.8) is 0 Å². The first-order valence-corrected chi connectivity index (χ1v) is 6.99. The molecule has 19 heavy (non-hydrogen) atoms. The fraction of sp³-hybridized carbons (Fsp3) is 0.167. The Hall–Kier alpha value is -2.15. The van der Waals surface area contributed by atoms with Crippen LogP contribution in [0.25, 0.3) is 0 Å². The molecule has 1 aromatic carbocycles. The maximum atomic E-state index is 12.1. The molecule has 0 atom stereocenters. The zero-order valence-electron chi connectivity index (χ0n) is 10.5. The van der Waals surface area contributed by atoms with Crippen LogP contribution in [0, 0.1) is 13.8 Å². The van der Waals surface area contributed by atoms with Gasteiger partial charge in [0, 0.05) is 17.5 Å². The van der Waals surface area contributed by atoms with Crippen molar-refractivity contribution in [1.82, 2.24) is 9.97 Å². The van der Waals surface area contributed by atoms with E-state index in [9.17, 15) is 13.5 Å². The lowest BCUT2D eigenvalue weighted by molar-refractivity contribution is 0.473. The van der Waals surface area contributed by atoms with Crippen LogP contribution in [0.4, 0.5) is 5.95 Å². The van der Waals surface area contributed by atoms with Crippen molar-refractivity contribution in [3.8, 4) is 5.75 Å². The van der Waals surface area contributed by atoms with Gasteiger partial charge in [-0.15, -0.1) is 0 Å². The van der Waals surface area contributed by atoms with Crippen molar-refractivity contribution in [1.29, 1.82) is 0 Å². The zero-order chi connectivity index (χ0) is 14.0. The first-order chi connectivity index (χ1) is 8.87. The molecule has 7 heteroatoms. The van der Waals surface area contributed by atoms with Gasteiger partial charge in [-0.3, -0.25) is 0 Å². The van der Waals surface area contributed by atoms with E-state index in [1.54, 1.807) is 19.9 Å². The molecule has 0 radical (unpaired) electrons. The molecule has 2 aromatic rings. The quantitative estimate of drug-likeness (QED) is 0.890. The van der Waals surface area contributed by atoms with Gasteiger partial charge in [-0.25, -0.2) is 23.1 Å². The third-order valence-electron chi connectivity index (χ3n) is 2.34. The Labute approximate surface area is 111 Å². The number of sulfonamides is 1. The molecule has 0 aliphatic heterocycles. The van der Waals surface area contributed by atoms with E-state index in [-0.39, 0.29) is 16.6 Å². The largest absolute Gasteiger partial charge is 0.508 e. The van der Waals surface area contributed by atoms with Crippen LogP contribution in [0.2, 0.25) is 0 Å². The highest BCUT2D eigenvalue weighted by Crippen LogP contribution is 2.18. The molecule has 0 saturated carbocycles. The fourth-order valence-electron chi connectivity index (χ4n) is 1.60. The van der Waals surface area contributed by atoms with Gasteiger partial charge >= 0.3 is 0 Å². The number of hydrogen-bond acceptors (Lipinski definition) is 5. The van der Waals surface area contributed by atoms with Gasteiger partial charge in [-0.2, -0.15) is 0 Å². The van der Waals surface area contributed by atoms with Crippen LogP contribution >= 0.6 is 0 Å². The molecule has 0 fully saturated rings. The van der Waals surface area contributed by atoms with Crippen LogP contribution in [0.3, 0.4) is 0 Å². The number of rotatable bonds is 3. The Kier molecular flexibility index (Phi) is 3.39. The van der Waals surface area contributed by atoms with Gasteiger partial charge in [-0.1, -0.05) is 6.07 Å². The predicted molar refractivity (Wildman–Crippen MR) is 70.4 cm³/mol. The van der Waals surface area contributed by atoms with E-state index >= 15 is 0 Å². The summed E-state index contributed by atoms with van der Waals surface area (Å²) in [5.41, 5.74) is 1.34. The number of nitrogens with one attached hydrogen (secondary N) is 1. The number of nitrogens with zero attached hydrogens (tertiary/aromatic N) is 2. The van der Waals surface area contributed by atoms with Gasteiger partial charge in [0.05, 0.1) is 4.90 Å². The van der Waals surface area contributed by atoms with Crippen molar-refractivity contribution in [2.75, 3.05) is 4.72 Å².